The van der Waals surface area contributed by atoms with Crippen molar-refractivity contribution in [1.29, 1.82) is 0 Å². The first-order valence-electron chi connectivity index (χ1n) is 5.16. The molecule has 0 spiro atoms. The van der Waals surface area contributed by atoms with Crippen LogP contribution in [0.2, 0.25) is 0 Å². The van der Waals surface area contributed by atoms with Gasteiger partial charge < -0.3 is 10.6 Å². The van der Waals surface area contributed by atoms with Crippen molar-refractivity contribution in [2.24, 2.45) is 11.7 Å². The Morgan fingerprint density at radius 1 is 1.53 bits per heavy atom. The van der Waals surface area contributed by atoms with Crippen LogP contribution < -0.4 is 5.73 Å². The van der Waals surface area contributed by atoms with Gasteiger partial charge in [0.1, 0.15) is 0 Å². The van der Waals surface area contributed by atoms with Crippen LogP contribution in [0.25, 0.3) is 0 Å². The standard InChI is InChI=1S/C11H17BrN2OS.ClH/c1-7(2)10(13)11(15)14(3)6-8-4-5-9(12)16-8;/h4-5,7,10H,6,13H2,1-3H3;1H. The van der Waals surface area contributed by atoms with Gasteiger partial charge in [-0.15, -0.1) is 23.7 Å². The predicted octanol–water partition coefficient (Wildman–Crippen LogP) is 2.87. The van der Waals surface area contributed by atoms with Crippen LogP contribution in [-0.2, 0) is 11.3 Å². The lowest BCUT2D eigenvalue weighted by Crippen LogP contribution is -2.44. The van der Waals surface area contributed by atoms with Crippen LogP contribution in [0.3, 0.4) is 0 Å². The van der Waals surface area contributed by atoms with Crippen LogP contribution in [0.15, 0.2) is 15.9 Å². The van der Waals surface area contributed by atoms with Crippen LogP contribution in [0.5, 0.6) is 0 Å². The number of thiophene rings is 1. The van der Waals surface area contributed by atoms with Crippen LogP contribution in [0, 0.1) is 5.92 Å². The minimum atomic E-state index is -0.409. The second-order valence-electron chi connectivity index (χ2n) is 4.17. The molecule has 0 fully saturated rings. The molecular formula is C11H18BrClN2OS. The van der Waals surface area contributed by atoms with Gasteiger partial charge in [-0.3, -0.25) is 4.79 Å². The van der Waals surface area contributed by atoms with Gasteiger partial charge in [0.15, 0.2) is 0 Å². The fourth-order valence-corrected chi connectivity index (χ4v) is 2.82. The minimum absolute atomic E-state index is 0. The summed E-state index contributed by atoms with van der Waals surface area (Å²) in [7, 11) is 1.79. The molecule has 17 heavy (non-hydrogen) atoms. The van der Waals surface area contributed by atoms with E-state index in [0.717, 1.165) is 8.66 Å². The molecular weight excluding hydrogens is 324 g/mol. The average Bonchev–Trinajstić information content (AvgIpc) is 2.61. The lowest BCUT2D eigenvalue weighted by Gasteiger charge is -2.22. The number of hydrogen-bond donors (Lipinski definition) is 1. The van der Waals surface area contributed by atoms with E-state index in [9.17, 15) is 4.79 Å². The fraction of sp³-hybridized carbons (Fsp3) is 0.545. The van der Waals surface area contributed by atoms with Crippen molar-refractivity contribution in [2.75, 3.05) is 7.05 Å². The lowest BCUT2D eigenvalue weighted by molar-refractivity contribution is -0.132. The van der Waals surface area contributed by atoms with Crippen LogP contribution in [0.1, 0.15) is 18.7 Å². The second-order valence-corrected chi connectivity index (χ2v) is 6.72. The van der Waals surface area contributed by atoms with Crippen molar-refractivity contribution >= 4 is 45.6 Å². The molecule has 6 heteroatoms. The Morgan fingerprint density at radius 2 is 2.12 bits per heavy atom. The van der Waals surface area contributed by atoms with Crippen molar-refractivity contribution in [3.63, 3.8) is 0 Å². The van der Waals surface area contributed by atoms with Gasteiger partial charge >= 0.3 is 0 Å². The smallest absolute Gasteiger partial charge is 0.239 e. The summed E-state index contributed by atoms with van der Waals surface area (Å²) < 4.78 is 1.08. The van der Waals surface area contributed by atoms with Gasteiger partial charge in [0.25, 0.3) is 0 Å². The molecule has 0 saturated heterocycles. The molecule has 1 unspecified atom stereocenters. The summed E-state index contributed by atoms with van der Waals surface area (Å²) in [5.74, 6) is 0.171. The number of amides is 1. The van der Waals surface area contributed by atoms with E-state index in [1.54, 1.807) is 23.3 Å². The van der Waals surface area contributed by atoms with Gasteiger partial charge in [0.2, 0.25) is 5.91 Å². The van der Waals surface area contributed by atoms with Crippen molar-refractivity contribution in [3.8, 4) is 0 Å². The fourth-order valence-electron chi connectivity index (χ4n) is 1.29. The van der Waals surface area contributed by atoms with Crippen LogP contribution in [0.4, 0.5) is 0 Å². The highest BCUT2D eigenvalue weighted by Crippen LogP contribution is 2.23. The first-order chi connectivity index (χ1) is 7.41. The Bertz CT molecular complexity index is 370. The van der Waals surface area contributed by atoms with E-state index >= 15 is 0 Å². The molecule has 0 radical (unpaired) electrons. The summed E-state index contributed by atoms with van der Waals surface area (Å²) >= 11 is 5.04. The van der Waals surface area contributed by atoms with E-state index < -0.39 is 6.04 Å². The number of nitrogens with zero attached hydrogens (tertiary/aromatic N) is 1. The number of halogens is 2. The van der Waals surface area contributed by atoms with Gasteiger partial charge in [-0.1, -0.05) is 13.8 Å². The molecule has 1 aromatic rings. The number of hydrogen-bond acceptors (Lipinski definition) is 3. The molecule has 1 amide bonds. The summed E-state index contributed by atoms with van der Waals surface area (Å²) in [6, 6.07) is 3.59. The molecule has 1 atom stereocenters. The Hall–Kier alpha value is -0.100. The quantitative estimate of drug-likeness (QED) is 0.915. The average molecular weight is 342 g/mol. The molecule has 0 saturated carbocycles. The third kappa shape index (κ3) is 4.95. The Labute approximate surface area is 121 Å². The predicted molar refractivity (Wildman–Crippen MR) is 78.6 cm³/mol. The highest BCUT2D eigenvalue weighted by Gasteiger charge is 2.21. The minimum Gasteiger partial charge on any atom is -0.339 e. The van der Waals surface area contributed by atoms with Gasteiger partial charge in [-0.05, 0) is 34.0 Å². The largest absolute Gasteiger partial charge is 0.339 e. The Balaban J connectivity index is 0.00000256. The maximum absolute atomic E-state index is 11.9. The molecule has 98 valence electrons. The van der Waals surface area contributed by atoms with E-state index in [2.05, 4.69) is 15.9 Å². The first kappa shape index (κ1) is 16.9. The molecule has 0 aliphatic rings. The summed E-state index contributed by atoms with van der Waals surface area (Å²) in [5, 5.41) is 0. The molecule has 0 aromatic carbocycles. The van der Waals surface area contributed by atoms with E-state index in [-0.39, 0.29) is 24.2 Å². The molecule has 0 bridgehead atoms. The molecule has 3 nitrogen and oxygen atoms in total. The highest BCUT2D eigenvalue weighted by molar-refractivity contribution is 9.11. The van der Waals surface area contributed by atoms with Crippen molar-refractivity contribution < 1.29 is 4.79 Å². The monoisotopic (exact) mass is 340 g/mol. The zero-order valence-electron chi connectivity index (χ0n) is 10.1. The Morgan fingerprint density at radius 3 is 2.53 bits per heavy atom. The molecule has 2 N–H and O–H groups in total. The summed E-state index contributed by atoms with van der Waals surface area (Å²) in [4.78, 5) is 14.7. The summed E-state index contributed by atoms with van der Waals surface area (Å²) in [5.41, 5.74) is 5.82. The third-order valence-corrected chi connectivity index (χ3v) is 4.01. The Kier molecular flexibility index (Phi) is 7.32. The summed E-state index contributed by atoms with van der Waals surface area (Å²) in [6.07, 6.45) is 0. The first-order valence-corrected chi connectivity index (χ1v) is 6.77. The molecule has 0 aliphatic heterocycles. The van der Waals surface area contributed by atoms with Crippen molar-refractivity contribution in [2.45, 2.75) is 26.4 Å². The maximum atomic E-state index is 11.9. The van der Waals surface area contributed by atoms with Gasteiger partial charge in [-0.25, -0.2) is 0 Å². The topological polar surface area (TPSA) is 46.3 Å². The summed E-state index contributed by atoms with van der Waals surface area (Å²) in [6.45, 7) is 4.53. The van der Waals surface area contributed by atoms with E-state index in [1.807, 2.05) is 26.0 Å². The van der Waals surface area contributed by atoms with E-state index in [0.29, 0.717) is 6.54 Å². The zero-order chi connectivity index (χ0) is 12.3. The molecule has 1 aromatic heterocycles. The maximum Gasteiger partial charge on any atom is 0.239 e. The number of rotatable bonds is 4. The van der Waals surface area contributed by atoms with Gasteiger partial charge in [0.05, 0.1) is 16.4 Å². The third-order valence-electron chi connectivity index (χ3n) is 2.40. The molecule has 1 heterocycles. The van der Waals surface area contributed by atoms with Crippen molar-refractivity contribution in [3.05, 3.63) is 20.8 Å². The SMILES string of the molecule is CC(C)C(N)C(=O)N(C)Cc1ccc(Br)s1.Cl. The van der Waals surface area contributed by atoms with Crippen LogP contribution >= 0.6 is 39.7 Å². The number of carbonyl (C=O) groups is 1. The normalized spacial score (nSPS) is 12.1. The van der Waals surface area contributed by atoms with Crippen molar-refractivity contribution in [1.82, 2.24) is 4.90 Å². The zero-order valence-corrected chi connectivity index (χ0v) is 13.4. The number of carbonyl (C=O) groups excluding carboxylic acids is 1. The van der Waals surface area contributed by atoms with E-state index in [1.165, 1.54) is 0 Å². The van der Waals surface area contributed by atoms with E-state index in [4.69, 9.17) is 5.73 Å². The van der Waals surface area contributed by atoms with Crippen LogP contribution in [-0.4, -0.2) is 23.9 Å². The highest BCUT2D eigenvalue weighted by atomic mass is 79.9. The number of likely N-dealkylation sites (N-methyl/N-ethyl adjacent to an activating group) is 1. The lowest BCUT2D eigenvalue weighted by atomic mass is 10.0. The molecule has 1 rings (SSSR count). The second kappa shape index (κ2) is 7.36. The van der Waals surface area contributed by atoms with Gasteiger partial charge in [-0.2, -0.15) is 0 Å². The number of nitrogens with two attached hydrogens (primary N) is 1. The van der Waals surface area contributed by atoms with Gasteiger partial charge in [0, 0.05) is 11.9 Å². The molecule has 0 aliphatic carbocycles.